The summed E-state index contributed by atoms with van der Waals surface area (Å²) in [5, 5.41) is 2.91. The number of amides is 2. The molecule has 1 fully saturated rings. The van der Waals surface area contributed by atoms with E-state index in [4.69, 9.17) is 0 Å². The normalized spacial score (nSPS) is 17.0. The van der Waals surface area contributed by atoms with Crippen molar-refractivity contribution in [3.8, 4) is 11.1 Å². The Kier molecular flexibility index (Phi) is 4.47. The fourth-order valence-corrected chi connectivity index (χ4v) is 4.48. The maximum atomic E-state index is 12.9. The molecule has 1 atom stereocenters. The summed E-state index contributed by atoms with van der Waals surface area (Å²) < 4.78 is 0. The molecular weight excluding hydrogens is 388 g/mol. The second kappa shape index (κ2) is 7.20. The average Bonchev–Trinajstić information content (AvgIpc) is 3.28. The van der Waals surface area contributed by atoms with E-state index < -0.39 is 5.92 Å². The lowest BCUT2D eigenvalue weighted by atomic mass is 10.0. The van der Waals surface area contributed by atoms with Gasteiger partial charge < -0.3 is 10.2 Å². The minimum Gasteiger partial charge on any atom is -0.326 e. The highest BCUT2D eigenvalue weighted by Crippen LogP contribution is 2.38. The number of carbonyl (C=O) groups excluding carboxylic acids is 3. The van der Waals surface area contributed by atoms with Gasteiger partial charge in [-0.1, -0.05) is 42.5 Å². The summed E-state index contributed by atoms with van der Waals surface area (Å²) in [5.41, 5.74) is 6.61. The first-order chi connectivity index (χ1) is 14.9. The van der Waals surface area contributed by atoms with Gasteiger partial charge in [-0.05, 0) is 54.3 Å². The van der Waals surface area contributed by atoms with Gasteiger partial charge in [0.15, 0.2) is 5.78 Å². The van der Waals surface area contributed by atoms with E-state index in [0.29, 0.717) is 23.4 Å². The molecular formula is C26H22N2O3. The van der Waals surface area contributed by atoms with Gasteiger partial charge in [0.05, 0.1) is 5.92 Å². The van der Waals surface area contributed by atoms with Gasteiger partial charge in [-0.25, -0.2) is 0 Å². The first-order valence-electron chi connectivity index (χ1n) is 10.4. The molecule has 2 amide bonds. The summed E-state index contributed by atoms with van der Waals surface area (Å²) in [7, 11) is 0. The number of nitrogens with zero attached hydrogens (tertiary/aromatic N) is 1. The number of hydrogen-bond donors (Lipinski definition) is 1. The predicted octanol–water partition coefficient (Wildman–Crippen LogP) is 4.51. The van der Waals surface area contributed by atoms with Crippen LogP contribution in [0.5, 0.6) is 0 Å². The Morgan fingerprint density at radius 2 is 1.65 bits per heavy atom. The van der Waals surface area contributed by atoms with E-state index in [-0.39, 0.29) is 24.0 Å². The molecule has 1 aliphatic heterocycles. The molecule has 154 valence electrons. The zero-order valence-electron chi connectivity index (χ0n) is 17.4. The summed E-state index contributed by atoms with van der Waals surface area (Å²) in [6.07, 6.45) is 0.175. The van der Waals surface area contributed by atoms with Crippen LogP contribution in [0.1, 0.15) is 33.5 Å². The lowest BCUT2D eigenvalue weighted by Crippen LogP contribution is -2.28. The van der Waals surface area contributed by atoms with E-state index in [9.17, 15) is 14.4 Å². The van der Waals surface area contributed by atoms with Crippen LogP contribution in [0.25, 0.3) is 11.1 Å². The van der Waals surface area contributed by atoms with Gasteiger partial charge in [-0.15, -0.1) is 0 Å². The minimum atomic E-state index is -0.437. The Hall–Kier alpha value is -3.73. The number of benzene rings is 3. The largest absolute Gasteiger partial charge is 0.326 e. The third kappa shape index (κ3) is 3.22. The molecule has 3 aromatic rings. The van der Waals surface area contributed by atoms with Crippen LogP contribution in [-0.2, 0) is 9.59 Å². The van der Waals surface area contributed by atoms with Crippen molar-refractivity contribution < 1.29 is 14.4 Å². The van der Waals surface area contributed by atoms with Crippen LogP contribution >= 0.6 is 0 Å². The zero-order valence-corrected chi connectivity index (χ0v) is 17.4. The molecule has 0 spiro atoms. The number of hydrogen-bond acceptors (Lipinski definition) is 3. The molecule has 1 heterocycles. The van der Waals surface area contributed by atoms with E-state index in [0.717, 1.165) is 27.9 Å². The van der Waals surface area contributed by atoms with E-state index in [2.05, 4.69) is 5.32 Å². The molecule has 1 aliphatic carbocycles. The van der Waals surface area contributed by atoms with E-state index in [1.165, 1.54) is 0 Å². The number of carbonyl (C=O) groups is 3. The van der Waals surface area contributed by atoms with Crippen molar-refractivity contribution in [2.75, 3.05) is 16.8 Å². The highest BCUT2D eigenvalue weighted by Gasteiger charge is 2.36. The number of anilines is 2. The van der Waals surface area contributed by atoms with Crippen LogP contribution in [-0.4, -0.2) is 24.1 Å². The first-order valence-corrected chi connectivity index (χ1v) is 10.4. The lowest BCUT2D eigenvalue weighted by Gasteiger charge is -2.19. The standard InChI is InChI=1S/C26H22N2O3/c1-15-7-8-16(2)23(11-15)28-14-17(12-24(28)29)26(31)27-18-9-10-20-19-5-3-4-6-21(19)25(30)22(20)13-18/h3-11,13,17H,12,14H2,1-2H3,(H,27,31). The van der Waals surface area contributed by atoms with Crippen LogP contribution < -0.4 is 10.2 Å². The molecule has 1 N–H and O–H groups in total. The van der Waals surface area contributed by atoms with E-state index in [1.54, 1.807) is 11.0 Å². The minimum absolute atomic E-state index is 0.0289. The van der Waals surface area contributed by atoms with Gasteiger partial charge in [0.2, 0.25) is 11.8 Å². The van der Waals surface area contributed by atoms with Crippen molar-refractivity contribution in [2.24, 2.45) is 5.92 Å². The van der Waals surface area contributed by atoms with Crippen molar-refractivity contribution >= 4 is 29.0 Å². The predicted molar refractivity (Wildman–Crippen MR) is 120 cm³/mol. The van der Waals surface area contributed by atoms with Crippen LogP contribution in [0, 0.1) is 19.8 Å². The molecule has 1 saturated heterocycles. The summed E-state index contributed by atoms with van der Waals surface area (Å²) >= 11 is 0. The highest BCUT2D eigenvalue weighted by atomic mass is 16.2. The first kappa shape index (κ1) is 19.2. The third-order valence-electron chi connectivity index (χ3n) is 6.14. The summed E-state index contributed by atoms with van der Waals surface area (Å²) in [6, 6.07) is 18.9. The van der Waals surface area contributed by atoms with Crippen molar-refractivity contribution in [3.05, 3.63) is 82.9 Å². The smallest absolute Gasteiger partial charge is 0.229 e. The Balaban J connectivity index is 1.34. The van der Waals surface area contributed by atoms with Crippen LogP contribution in [0.2, 0.25) is 0 Å². The molecule has 0 radical (unpaired) electrons. The highest BCUT2D eigenvalue weighted by molar-refractivity contribution is 6.22. The second-order valence-electron chi connectivity index (χ2n) is 8.32. The maximum Gasteiger partial charge on any atom is 0.229 e. The van der Waals surface area contributed by atoms with Gasteiger partial charge in [-0.3, -0.25) is 14.4 Å². The van der Waals surface area contributed by atoms with Gasteiger partial charge in [0.1, 0.15) is 0 Å². The third-order valence-corrected chi connectivity index (χ3v) is 6.14. The molecule has 3 aromatic carbocycles. The Morgan fingerprint density at radius 3 is 2.45 bits per heavy atom. The molecule has 0 bridgehead atoms. The number of fused-ring (bicyclic) bond motifs is 3. The Morgan fingerprint density at radius 1 is 0.903 bits per heavy atom. The molecule has 1 unspecified atom stereocenters. The zero-order chi connectivity index (χ0) is 21.7. The summed E-state index contributed by atoms with van der Waals surface area (Å²) in [5.74, 6) is -0.718. The van der Waals surface area contributed by atoms with Gasteiger partial charge in [0.25, 0.3) is 0 Å². The lowest BCUT2D eigenvalue weighted by molar-refractivity contribution is -0.122. The molecule has 2 aliphatic rings. The van der Waals surface area contributed by atoms with Crippen LogP contribution in [0.15, 0.2) is 60.7 Å². The fourth-order valence-electron chi connectivity index (χ4n) is 4.48. The van der Waals surface area contributed by atoms with Gasteiger partial charge >= 0.3 is 0 Å². The number of rotatable bonds is 3. The van der Waals surface area contributed by atoms with Gasteiger partial charge in [-0.2, -0.15) is 0 Å². The number of nitrogens with one attached hydrogen (secondary N) is 1. The quantitative estimate of drug-likeness (QED) is 0.541. The molecule has 0 aromatic heterocycles. The number of aryl methyl sites for hydroxylation is 2. The van der Waals surface area contributed by atoms with E-state index in [1.807, 2.05) is 68.4 Å². The molecule has 0 saturated carbocycles. The van der Waals surface area contributed by atoms with Crippen LogP contribution in [0.4, 0.5) is 11.4 Å². The SMILES string of the molecule is Cc1ccc(C)c(N2CC(C(=O)Nc3ccc4c(c3)C(=O)c3ccccc3-4)CC2=O)c1. The van der Waals surface area contributed by atoms with Crippen molar-refractivity contribution in [2.45, 2.75) is 20.3 Å². The van der Waals surface area contributed by atoms with Crippen molar-refractivity contribution in [1.82, 2.24) is 0 Å². The molecule has 5 heteroatoms. The Labute approximate surface area is 180 Å². The van der Waals surface area contributed by atoms with Crippen molar-refractivity contribution in [1.29, 1.82) is 0 Å². The molecule has 5 rings (SSSR count). The van der Waals surface area contributed by atoms with Crippen molar-refractivity contribution in [3.63, 3.8) is 0 Å². The molecule has 5 nitrogen and oxygen atoms in total. The average molecular weight is 410 g/mol. The number of ketones is 1. The topological polar surface area (TPSA) is 66.5 Å². The van der Waals surface area contributed by atoms with E-state index >= 15 is 0 Å². The van der Waals surface area contributed by atoms with Gasteiger partial charge in [0, 0.05) is 35.5 Å². The second-order valence-corrected chi connectivity index (χ2v) is 8.32. The fraction of sp³-hybridized carbons (Fsp3) is 0.192. The summed E-state index contributed by atoms with van der Waals surface area (Å²) in [4.78, 5) is 40.0. The maximum absolute atomic E-state index is 12.9. The Bertz CT molecular complexity index is 1260. The monoisotopic (exact) mass is 410 g/mol. The van der Waals surface area contributed by atoms with Crippen LogP contribution in [0.3, 0.4) is 0 Å². The summed E-state index contributed by atoms with van der Waals surface area (Å²) in [6.45, 7) is 4.31. The molecule has 31 heavy (non-hydrogen) atoms.